The Balaban J connectivity index is 1.46. The minimum absolute atomic E-state index is 0.0246. The van der Waals surface area contributed by atoms with Crippen LogP contribution in [0, 0.1) is 18.3 Å². The molecule has 0 saturated carbocycles. The van der Waals surface area contributed by atoms with Gasteiger partial charge in [-0.25, -0.2) is 13.4 Å². The van der Waals surface area contributed by atoms with Crippen LogP contribution in [0.4, 0.5) is 11.5 Å². The average Bonchev–Trinajstić information content (AvgIpc) is 3.32. The molecule has 12 nitrogen and oxygen atoms in total. The highest BCUT2D eigenvalue weighted by atomic mass is 32.2. The fraction of sp³-hybridized carbons (Fsp3) is 0.115. The van der Waals surface area contributed by atoms with E-state index < -0.39 is 10.0 Å². The van der Waals surface area contributed by atoms with Gasteiger partial charge >= 0.3 is 6.01 Å². The lowest BCUT2D eigenvalue weighted by atomic mass is 10.1. The van der Waals surface area contributed by atoms with Crippen LogP contribution in [-0.2, 0) is 10.0 Å². The number of methoxy groups -OCH3 is 2. The van der Waals surface area contributed by atoms with Crippen LogP contribution < -0.4 is 30.3 Å². The second kappa shape index (κ2) is 9.92. The van der Waals surface area contributed by atoms with Gasteiger partial charge in [0.25, 0.3) is 15.6 Å². The number of nitriles is 1. The van der Waals surface area contributed by atoms with E-state index in [1.165, 1.54) is 43.0 Å². The molecule has 0 unspecified atom stereocenters. The van der Waals surface area contributed by atoms with Gasteiger partial charge in [0, 0.05) is 18.0 Å². The van der Waals surface area contributed by atoms with Crippen molar-refractivity contribution in [3.63, 3.8) is 0 Å². The monoisotopic (exact) mass is 543 g/mol. The molecule has 0 radical (unpaired) electrons. The summed E-state index contributed by atoms with van der Waals surface area (Å²) in [6, 6.07) is 16.5. The van der Waals surface area contributed by atoms with Crippen molar-refractivity contribution in [2.45, 2.75) is 11.8 Å². The zero-order valence-electron chi connectivity index (χ0n) is 21.0. The highest BCUT2D eigenvalue weighted by Crippen LogP contribution is 2.22. The Bertz CT molecular complexity index is 1980. The molecule has 0 spiro atoms. The molecule has 39 heavy (non-hydrogen) atoms. The van der Waals surface area contributed by atoms with Crippen LogP contribution in [0.2, 0.25) is 0 Å². The third-order valence-electron chi connectivity index (χ3n) is 5.97. The molecule has 0 saturated heterocycles. The zero-order valence-corrected chi connectivity index (χ0v) is 21.8. The van der Waals surface area contributed by atoms with E-state index in [4.69, 9.17) is 9.47 Å². The largest absolute Gasteiger partial charge is 0.481 e. The van der Waals surface area contributed by atoms with E-state index in [-0.39, 0.29) is 33.4 Å². The second-order valence-electron chi connectivity index (χ2n) is 8.29. The maximum Gasteiger partial charge on any atom is 0.321 e. The lowest BCUT2D eigenvalue weighted by Gasteiger charge is -2.10. The molecule has 2 N–H and O–H groups in total. The molecule has 0 amide bonds. The van der Waals surface area contributed by atoms with Crippen molar-refractivity contribution in [3.05, 3.63) is 81.3 Å². The number of hydrogen-bond acceptors (Lipinski definition) is 10. The van der Waals surface area contributed by atoms with Crippen molar-refractivity contribution >= 4 is 44.4 Å². The number of anilines is 2. The summed E-state index contributed by atoms with van der Waals surface area (Å²) in [6.07, 6.45) is 1.49. The molecule has 196 valence electrons. The molecule has 3 heterocycles. The molecule has 13 heteroatoms. The molecule has 0 fully saturated rings. The first-order valence-electron chi connectivity index (χ1n) is 11.5. The number of imidazole rings is 1. The van der Waals surface area contributed by atoms with Gasteiger partial charge in [0.15, 0.2) is 11.5 Å². The van der Waals surface area contributed by atoms with E-state index >= 15 is 0 Å². The molecule has 0 aliphatic heterocycles. The minimum atomic E-state index is -3.99. The van der Waals surface area contributed by atoms with Gasteiger partial charge in [-0.15, -0.1) is 0 Å². The standard InChI is InChI=1S/C26H21N7O5S/c1-15-18(13-27)24-29-20-6-4-5-7-21(20)33(24)25(34)19(15)14-28-16-8-10-17(11-9-16)39(35,36)32-22-12-23(37-2)31-26(30-22)38-3/h4-12,14,28H,1-3H3,(H,30,31,32). The lowest BCUT2D eigenvalue weighted by Crippen LogP contribution is -2.34. The number of nitrogens with one attached hydrogen (secondary N) is 2. The smallest absolute Gasteiger partial charge is 0.321 e. The Morgan fingerprint density at radius 3 is 2.46 bits per heavy atom. The van der Waals surface area contributed by atoms with Crippen LogP contribution in [0.15, 0.2) is 64.3 Å². The van der Waals surface area contributed by atoms with Gasteiger partial charge in [-0.2, -0.15) is 15.2 Å². The van der Waals surface area contributed by atoms with Crippen molar-refractivity contribution in [3.8, 4) is 18.0 Å². The first-order chi connectivity index (χ1) is 18.7. The summed E-state index contributed by atoms with van der Waals surface area (Å²) in [6.45, 7) is 1.69. The molecule has 5 rings (SSSR count). The van der Waals surface area contributed by atoms with Crippen LogP contribution in [0.5, 0.6) is 11.9 Å². The summed E-state index contributed by atoms with van der Waals surface area (Å²) in [5.41, 5.74) is 2.49. The number of nitrogens with zero attached hydrogens (tertiary/aromatic N) is 5. The highest BCUT2D eigenvalue weighted by Gasteiger charge is 2.18. The van der Waals surface area contributed by atoms with Crippen molar-refractivity contribution in [2.75, 3.05) is 24.3 Å². The molecule has 0 aliphatic carbocycles. The molecular formula is C26H21N7O5S. The fourth-order valence-corrected chi connectivity index (χ4v) is 5.01. The van der Waals surface area contributed by atoms with E-state index in [2.05, 4.69) is 31.1 Å². The topological polar surface area (TPSA) is 161 Å². The number of rotatable bonds is 7. The van der Waals surface area contributed by atoms with E-state index in [1.54, 1.807) is 37.3 Å². The number of para-hydroxylation sites is 2. The number of ether oxygens (including phenoxy) is 2. The van der Waals surface area contributed by atoms with Gasteiger partial charge in [0.2, 0.25) is 5.88 Å². The van der Waals surface area contributed by atoms with E-state index in [9.17, 15) is 18.5 Å². The molecular weight excluding hydrogens is 522 g/mol. The number of fused-ring (bicyclic) bond motifs is 3. The summed E-state index contributed by atoms with van der Waals surface area (Å²) in [5, 5.41) is 13.1. The Labute approximate surface area is 222 Å². The van der Waals surface area contributed by atoms with Gasteiger partial charge in [-0.05, 0) is 48.9 Å². The minimum Gasteiger partial charge on any atom is -0.481 e. The van der Waals surface area contributed by atoms with Crippen LogP contribution >= 0.6 is 0 Å². The van der Waals surface area contributed by atoms with Gasteiger partial charge in [-0.3, -0.25) is 13.9 Å². The Morgan fingerprint density at radius 2 is 1.77 bits per heavy atom. The molecule has 5 aromatic rings. The van der Waals surface area contributed by atoms with Gasteiger partial charge < -0.3 is 14.8 Å². The van der Waals surface area contributed by atoms with E-state index in [0.717, 1.165) is 0 Å². The van der Waals surface area contributed by atoms with Crippen LogP contribution in [-0.4, -0.2) is 42.0 Å². The lowest BCUT2D eigenvalue weighted by molar-refractivity contribution is 0.353. The van der Waals surface area contributed by atoms with Crippen molar-refractivity contribution in [2.24, 2.45) is 0 Å². The van der Waals surface area contributed by atoms with Crippen molar-refractivity contribution in [1.29, 1.82) is 5.26 Å². The maximum absolute atomic E-state index is 13.4. The molecule has 0 atom stereocenters. The Kier molecular flexibility index (Phi) is 6.47. The number of pyridine rings is 1. The zero-order chi connectivity index (χ0) is 27.7. The number of hydrogen-bond donors (Lipinski definition) is 2. The number of aromatic nitrogens is 4. The molecule has 0 bridgehead atoms. The van der Waals surface area contributed by atoms with Crippen LogP contribution in [0.1, 0.15) is 11.1 Å². The quantitative estimate of drug-likeness (QED) is 0.311. The van der Waals surface area contributed by atoms with Gasteiger partial charge in [0.1, 0.15) is 6.07 Å². The third kappa shape index (κ3) is 4.64. The summed E-state index contributed by atoms with van der Waals surface area (Å²) in [4.78, 5) is 25.7. The molecule has 2 aromatic carbocycles. The first-order valence-corrected chi connectivity index (χ1v) is 12.9. The predicted molar refractivity (Wildman–Crippen MR) is 144 cm³/mol. The SMILES string of the molecule is COc1cc(NS(=O)(=O)c2ccc(NC=c3c(C)c(C#N)c4nc5ccccc5n4c3=O)cc2)nc(OC)n1. The average molecular weight is 544 g/mol. The number of sulfonamides is 1. The molecule has 3 aromatic heterocycles. The summed E-state index contributed by atoms with van der Waals surface area (Å²) in [7, 11) is -1.26. The van der Waals surface area contributed by atoms with Gasteiger partial charge in [-0.1, -0.05) is 12.1 Å². The summed E-state index contributed by atoms with van der Waals surface area (Å²) < 4.78 is 39.6. The number of benzene rings is 2. The normalized spacial score (nSPS) is 11.9. The van der Waals surface area contributed by atoms with Crippen molar-refractivity contribution < 1.29 is 17.9 Å². The Hall–Kier alpha value is -5.22. The first kappa shape index (κ1) is 25.4. The Morgan fingerprint density at radius 1 is 1.03 bits per heavy atom. The second-order valence-corrected chi connectivity index (χ2v) is 9.97. The van der Waals surface area contributed by atoms with Gasteiger partial charge in [0.05, 0.1) is 40.9 Å². The predicted octanol–water partition coefficient (Wildman–Crippen LogP) is 2.20. The van der Waals surface area contributed by atoms with E-state index in [0.29, 0.717) is 33.5 Å². The highest BCUT2D eigenvalue weighted by molar-refractivity contribution is 7.92. The van der Waals surface area contributed by atoms with Crippen LogP contribution in [0.3, 0.4) is 0 Å². The third-order valence-corrected chi connectivity index (χ3v) is 7.34. The van der Waals surface area contributed by atoms with Crippen LogP contribution in [0.25, 0.3) is 22.9 Å². The fourth-order valence-electron chi connectivity index (χ4n) is 4.02. The van der Waals surface area contributed by atoms with Crippen molar-refractivity contribution in [1.82, 2.24) is 19.4 Å². The molecule has 0 aliphatic rings. The summed E-state index contributed by atoms with van der Waals surface area (Å²) >= 11 is 0. The summed E-state index contributed by atoms with van der Waals surface area (Å²) in [5.74, 6) is 0.104. The van der Waals surface area contributed by atoms with E-state index in [1.807, 2.05) is 6.07 Å². The maximum atomic E-state index is 13.4.